The van der Waals surface area contributed by atoms with Gasteiger partial charge in [0.1, 0.15) is 10.4 Å². The van der Waals surface area contributed by atoms with Gasteiger partial charge in [-0.1, -0.05) is 0 Å². The second kappa shape index (κ2) is 3.61. The maximum atomic E-state index is 12.2. The van der Waals surface area contributed by atoms with Crippen LogP contribution < -0.4 is 5.32 Å². The minimum atomic E-state index is -0.972. The Balaban J connectivity index is 1.85. The van der Waals surface area contributed by atoms with Crippen molar-refractivity contribution in [3.8, 4) is 0 Å². The Morgan fingerprint density at radius 2 is 2.17 bits per heavy atom. The number of imide groups is 2. The molecule has 0 atom stereocenters. The molecule has 1 aromatic heterocycles. The van der Waals surface area contributed by atoms with Crippen molar-refractivity contribution in [1.82, 2.24) is 15.2 Å². The van der Waals surface area contributed by atoms with Crippen LogP contribution in [0.15, 0.2) is 6.20 Å². The first-order valence-corrected chi connectivity index (χ1v) is 6.43. The highest BCUT2D eigenvalue weighted by molar-refractivity contribution is 7.11. The standard InChI is InChI=1S/C11H11N3O3S/c1-6-4-12-7(18-6)5-14-9(16)11(2-3-11)8(15)13-10(14)17/h4H,2-3,5H2,1H3,(H,13,15,17). The number of nitrogens with zero attached hydrogens (tertiary/aromatic N) is 2. The number of thiazole rings is 1. The first-order valence-electron chi connectivity index (χ1n) is 5.62. The minimum Gasteiger partial charge on any atom is -0.277 e. The molecule has 3 rings (SSSR count). The summed E-state index contributed by atoms with van der Waals surface area (Å²) in [5.41, 5.74) is -0.972. The molecule has 1 aromatic rings. The molecular weight excluding hydrogens is 254 g/mol. The lowest BCUT2D eigenvalue weighted by atomic mass is 10.0. The fourth-order valence-electron chi connectivity index (χ4n) is 2.05. The van der Waals surface area contributed by atoms with Crippen molar-refractivity contribution < 1.29 is 14.4 Å². The van der Waals surface area contributed by atoms with Gasteiger partial charge in [0.15, 0.2) is 0 Å². The van der Waals surface area contributed by atoms with Crippen LogP contribution in [0.5, 0.6) is 0 Å². The molecule has 1 N–H and O–H groups in total. The lowest BCUT2D eigenvalue weighted by Gasteiger charge is -2.29. The Morgan fingerprint density at radius 1 is 1.44 bits per heavy atom. The Hall–Kier alpha value is -1.76. The van der Waals surface area contributed by atoms with E-state index in [1.807, 2.05) is 6.92 Å². The summed E-state index contributed by atoms with van der Waals surface area (Å²) in [5.74, 6) is -0.840. The molecule has 0 radical (unpaired) electrons. The Labute approximate surface area is 107 Å². The van der Waals surface area contributed by atoms with E-state index in [1.54, 1.807) is 6.20 Å². The van der Waals surface area contributed by atoms with Crippen LogP contribution in [-0.2, 0) is 16.1 Å². The van der Waals surface area contributed by atoms with Crippen LogP contribution in [0.2, 0.25) is 0 Å². The van der Waals surface area contributed by atoms with E-state index in [9.17, 15) is 14.4 Å². The van der Waals surface area contributed by atoms with Crippen LogP contribution in [0.25, 0.3) is 0 Å². The zero-order chi connectivity index (χ0) is 12.9. The minimum absolute atomic E-state index is 0.137. The second-order valence-corrected chi connectivity index (χ2v) is 5.92. The Bertz CT molecular complexity index is 562. The maximum absolute atomic E-state index is 12.2. The van der Waals surface area contributed by atoms with Crippen LogP contribution in [0, 0.1) is 12.3 Å². The van der Waals surface area contributed by atoms with E-state index in [4.69, 9.17) is 0 Å². The predicted molar refractivity (Wildman–Crippen MR) is 62.6 cm³/mol. The molecule has 0 bridgehead atoms. The molecule has 1 aliphatic heterocycles. The van der Waals surface area contributed by atoms with Crippen molar-refractivity contribution in [1.29, 1.82) is 0 Å². The number of carbonyl (C=O) groups is 3. The van der Waals surface area contributed by atoms with Gasteiger partial charge in [0, 0.05) is 11.1 Å². The molecule has 0 aromatic carbocycles. The first-order chi connectivity index (χ1) is 8.53. The highest BCUT2D eigenvalue weighted by atomic mass is 32.1. The topological polar surface area (TPSA) is 79.4 Å². The van der Waals surface area contributed by atoms with E-state index in [-0.39, 0.29) is 12.5 Å². The highest BCUT2D eigenvalue weighted by Gasteiger charge is 2.62. The van der Waals surface area contributed by atoms with Crippen molar-refractivity contribution >= 4 is 29.2 Å². The second-order valence-electron chi connectivity index (χ2n) is 4.60. The summed E-state index contributed by atoms with van der Waals surface area (Å²) in [7, 11) is 0. The molecule has 2 heterocycles. The summed E-state index contributed by atoms with van der Waals surface area (Å²) in [6.07, 6.45) is 2.75. The molecule has 7 heteroatoms. The van der Waals surface area contributed by atoms with Crippen molar-refractivity contribution in [2.45, 2.75) is 26.3 Å². The van der Waals surface area contributed by atoms with Gasteiger partial charge in [-0.15, -0.1) is 11.3 Å². The molecule has 2 aliphatic rings. The quantitative estimate of drug-likeness (QED) is 0.802. The summed E-state index contributed by atoms with van der Waals surface area (Å²) < 4.78 is 0. The average molecular weight is 265 g/mol. The third kappa shape index (κ3) is 1.54. The Morgan fingerprint density at radius 3 is 2.72 bits per heavy atom. The zero-order valence-corrected chi connectivity index (χ0v) is 10.5. The summed E-state index contributed by atoms with van der Waals surface area (Å²) in [5, 5.41) is 2.94. The van der Waals surface area contributed by atoms with Gasteiger partial charge in [-0.2, -0.15) is 0 Å². The maximum Gasteiger partial charge on any atom is 0.331 e. The van der Waals surface area contributed by atoms with Crippen LogP contribution >= 0.6 is 11.3 Å². The van der Waals surface area contributed by atoms with E-state index >= 15 is 0 Å². The molecular formula is C11H11N3O3S. The van der Waals surface area contributed by atoms with Crippen molar-refractivity contribution in [2.75, 3.05) is 0 Å². The van der Waals surface area contributed by atoms with Crippen molar-refractivity contribution in [3.63, 3.8) is 0 Å². The van der Waals surface area contributed by atoms with Crippen LogP contribution in [0.3, 0.4) is 0 Å². The number of aromatic nitrogens is 1. The Kier molecular flexibility index (Phi) is 2.28. The highest BCUT2D eigenvalue weighted by Crippen LogP contribution is 2.49. The molecule has 4 amide bonds. The van der Waals surface area contributed by atoms with E-state index in [0.717, 1.165) is 9.78 Å². The zero-order valence-electron chi connectivity index (χ0n) is 9.73. The van der Waals surface area contributed by atoms with Gasteiger partial charge < -0.3 is 0 Å². The number of hydrogen-bond acceptors (Lipinski definition) is 5. The van der Waals surface area contributed by atoms with Gasteiger partial charge in [-0.05, 0) is 19.8 Å². The van der Waals surface area contributed by atoms with Crippen molar-refractivity contribution in [2.24, 2.45) is 5.41 Å². The fraction of sp³-hybridized carbons (Fsp3) is 0.455. The third-order valence-corrected chi connectivity index (χ3v) is 4.16. The van der Waals surface area contributed by atoms with Gasteiger partial charge in [-0.25, -0.2) is 9.78 Å². The number of amides is 4. The normalized spacial score (nSPS) is 21.4. The number of rotatable bonds is 2. The molecule has 18 heavy (non-hydrogen) atoms. The fourth-order valence-corrected chi connectivity index (χ4v) is 2.83. The number of barbiturate groups is 1. The smallest absolute Gasteiger partial charge is 0.277 e. The summed E-state index contributed by atoms with van der Waals surface area (Å²) in [6.45, 7) is 2.05. The van der Waals surface area contributed by atoms with Gasteiger partial charge in [0.25, 0.3) is 0 Å². The molecule has 1 saturated heterocycles. The summed E-state index contributed by atoms with van der Waals surface area (Å²) in [6, 6.07) is -0.643. The number of urea groups is 1. The third-order valence-electron chi connectivity index (χ3n) is 3.27. The lowest BCUT2D eigenvalue weighted by Crippen LogP contribution is -2.58. The van der Waals surface area contributed by atoms with Crippen LogP contribution in [-0.4, -0.2) is 27.7 Å². The van der Waals surface area contributed by atoms with Gasteiger partial charge in [-0.3, -0.25) is 19.8 Å². The van der Waals surface area contributed by atoms with E-state index in [0.29, 0.717) is 17.8 Å². The molecule has 6 nitrogen and oxygen atoms in total. The van der Waals surface area contributed by atoms with Gasteiger partial charge >= 0.3 is 6.03 Å². The van der Waals surface area contributed by atoms with E-state index in [1.165, 1.54) is 11.3 Å². The first kappa shape index (κ1) is 11.3. The number of carbonyl (C=O) groups excluding carboxylic acids is 3. The number of hydrogen-bond donors (Lipinski definition) is 1. The predicted octanol–water partition coefficient (Wildman–Crippen LogP) is 0.810. The lowest BCUT2D eigenvalue weighted by molar-refractivity contribution is -0.145. The SMILES string of the molecule is Cc1cnc(CN2C(=O)NC(=O)C3(CC3)C2=O)s1. The molecule has 2 fully saturated rings. The van der Waals surface area contributed by atoms with Crippen LogP contribution in [0.4, 0.5) is 4.79 Å². The molecule has 1 spiro atoms. The van der Waals surface area contributed by atoms with E-state index in [2.05, 4.69) is 10.3 Å². The number of nitrogens with one attached hydrogen (secondary N) is 1. The molecule has 1 saturated carbocycles. The van der Waals surface area contributed by atoms with Crippen molar-refractivity contribution in [3.05, 3.63) is 16.1 Å². The number of aryl methyl sites for hydroxylation is 1. The summed E-state index contributed by atoms with van der Waals surface area (Å²) in [4.78, 5) is 41.7. The van der Waals surface area contributed by atoms with E-state index < -0.39 is 17.4 Å². The molecule has 0 unspecified atom stereocenters. The molecule has 94 valence electrons. The average Bonchev–Trinajstić information content (AvgIpc) is 3.02. The van der Waals surface area contributed by atoms with Gasteiger partial charge in [0.05, 0.1) is 6.54 Å². The van der Waals surface area contributed by atoms with Gasteiger partial charge in [0.2, 0.25) is 11.8 Å². The van der Waals surface area contributed by atoms with Crippen LogP contribution in [0.1, 0.15) is 22.7 Å². The largest absolute Gasteiger partial charge is 0.331 e. The summed E-state index contributed by atoms with van der Waals surface area (Å²) >= 11 is 1.44. The molecule has 1 aliphatic carbocycles. The monoisotopic (exact) mass is 265 g/mol.